The Morgan fingerprint density at radius 1 is 1.23 bits per heavy atom. The molecule has 5 rings (SSSR count). The molecule has 2 aromatic carbocycles. The Hall–Kier alpha value is -3.67. The van der Waals surface area contributed by atoms with Gasteiger partial charge in [-0.15, -0.1) is 0 Å². The van der Waals surface area contributed by atoms with Gasteiger partial charge in [-0.25, -0.2) is 0 Å². The summed E-state index contributed by atoms with van der Waals surface area (Å²) in [6.07, 6.45) is 4.30. The minimum absolute atomic E-state index is 0.00217. The van der Waals surface area contributed by atoms with Crippen molar-refractivity contribution in [3.05, 3.63) is 65.7 Å². The predicted octanol–water partition coefficient (Wildman–Crippen LogP) is 3.29. The van der Waals surface area contributed by atoms with Gasteiger partial charge in [0.2, 0.25) is 11.8 Å². The Morgan fingerprint density at radius 2 is 2.09 bits per heavy atom. The number of para-hydroxylation sites is 1. The Balaban J connectivity index is 1.31. The molecule has 180 valence electrons. The van der Waals surface area contributed by atoms with Crippen LogP contribution >= 0.6 is 0 Å². The number of benzene rings is 2. The van der Waals surface area contributed by atoms with Crippen LogP contribution in [0.3, 0.4) is 0 Å². The second-order valence-electron chi connectivity index (χ2n) is 9.31. The standard InChI is InChI=1S/C27H29N5O3/c1-18-16-31(25-8-9-26(33)30-23-5-3-2-4-22(23)25)11-12-32(18)24-7-6-21(14-20(24)15-28)29-27(34)19-10-13-35-17-19/h2-9,14,18-19,25H,10-13,16-17H2,1H3,(H,29,34)(H,30,33)/t18-,19?,25?/m1/s1. The summed E-state index contributed by atoms with van der Waals surface area (Å²) >= 11 is 0. The third kappa shape index (κ3) is 4.78. The number of nitriles is 1. The zero-order valence-corrected chi connectivity index (χ0v) is 19.7. The van der Waals surface area contributed by atoms with Gasteiger partial charge in [0, 0.05) is 49.7 Å². The summed E-state index contributed by atoms with van der Waals surface area (Å²) < 4.78 is 5.31. The normalized spacial score (nSPS) is 24.3. The van der Waals surface area contributed by atoms with Crippen molar-refractivity contribution in [3.8, 4) is 6.07 Å². The molecule has 2 saturated heterocycles. The van der Waals surface area contributed by atoms with Crippen LogP contribution in [-0.2, 0) is 14.3 Å². The van der Waals surface area contributed by atoms with E-state index in [1.807, 2.05) is 36.4 Å². The first-order chi connectivity index (χ1) is 17.0. The molecule has 2 N–H and O–H groups in total. The molecule has 0 aromatic heterocycles. The van der Waals surface area contributed by atoms with Crippen LogP contribution in [-0.4, -0.2) is 55.6 Å². The number of carbonyl (C=O) groups excluding carboxylic acids is 2. The molecule has 2 fully saturated rings. The maximum Gasteiger partial charge on any atom is 0.248 e. The maximum absolute atomic E-state index is 12.5. The van der Waals surface area contributed by atoms with E-state index in [1.165, 1.54) is 0 Å². The lowest BCUT2D eigenvalue weighted by Gasteiger charge is -2.44. The zero-order chi connectivity index (χ0) is 24.4. The molecule has 0 radical (unpaired) electrons. The largest absolute Gasteiger partial charge is 0.381 e. The highest BCUT2D eigenvalue weighted by atomic mass is 16.5. The molecule has 3 aliphatic rings. The van der Waals surface area contributed by atoms with Gasteiger partial charge < -0.3 is 20.3 Å². The number of ether oxygens (including phenoxy) is 1. The minimum atomic E-state index is -0.137. The highest BCUT2D eigenvalue weighted by Crippen LogP contribution is 2.34. The summed E-state index contributed by atoms with van der Waals surface area (Å²) in [5.74, 6) is -0.314. The number of piperazine rings is 1. The number of fused-ring (bicyclic) bond motifs is 1. The molecule has 2 amide bonds. The first kappa shape index (κ1) is 23.1. The lowest BCUT2D eigenvalue weighted by atomic mass is 10.0. The number of hydrogen-bond donors (Lipinski definition) is 2. The fourth-order valence-corrected chi connectivity index (χ4v) is 5.18. The number of nitrogens with zero attached hydrogens (tertiary/aromatic N) is 3. The molecule has 3 heterocycles. The monoisotopic (exact) mass is 471 g/mol. The third-order valence-corrected chi connectivity index (χ3v) is 7.01. The molecule has 35 heavy (non-hydrogen) atoms. The number of hydrogen-bond acceptors (Lipinski definition) is 6. The summed E-state index contributed by atoms with van der Waals surface area (Å²) in [6.45, 7) is 5.52. The quantitative estimate of drug-likeness (QED) is 0.710. The van der Waals surface area contributed by atoms with E-state index in [0.29, 0.717) is 24.5 Å². The number of amides is 2. The van der Waals surface area contributed by atoms with Gasteiger partial charge >= 0.3 is 0 Å². The molecule has 0 aliphatic carbocycles. The summed E-state index contributed by atoms with van der Waals surface area (Å²) in [4.78, 5) is 29.2. The highest BCUT2D eigenvalue weighted by Gasteiger charge is 2.31. The number of rotatable bonds is 4. The predicted molar refractivity (Wildman–Crippen MR) is 134 cm³/mol. The van der Waals surface area contributed by atoms with Gasteiger partial charge in [0.25, 0.3) is 0 Å². The van der Waals surface area contributed by atoms with Crippen molar-refractivity contribution < 1.29 is 14.3 Å². The van der Waals surface area contributed by atoms with E-state index in [0.717, 1.165) is 43.0 Å². The minimum Gasteiger partial charge on any atom is -0.381 e. The highest BCUT2D eigenvalue weighted by molar-refractivity contribution is 6.00. The average Bonchev–Trinajstić information content (AvgIpc) is 3.35. The summed E-state index contributed by atoms with van der Waals surface area (Å²) in [7, 11) is 0. The van der Waals surface area contributed by atoms with E-state index in [9.17, 15) is 14.9 Å². The third-order valence-electron chi connectivity index (χ3n) is 7.01. The fourth-order valence-electron chi connectivity index (χ4n) is 5.18. The lowest BCUT2D eigenvalue weighted by Crippen LogP contribution is -2.52. The van der Waals surface area contributed by atoms with Gasteiger partial charge in [0.1, 0.15) is 6.07 Å². The van der Waals surface area contributed by atoms with Gasteiger partial charge in [0.05, 0.1) is 29.8 Å². The van der Waals surface area contributed by atoms with Crippen LogP contribution in [0.5, 0.6) is 0 Å². The van der Waals surface area contributed by atoms with E-state index < -0.39 is 0 Å². The Bertz CT molecular complexity index is 1200. The molecule has 0 saturated carbocycles. The summed E-state index contributed by atoms with van der Waals surface area (Å²) in [6, 6.07) is 15.9. The first-order valence-corrected chi connectivity index (χ1v) is 12.0. The molecule has 3 atom stereocenters. The molecular weight excluding hydrogens is 442 g/mol. The van der Waals surface area contributed by atoms with Crippen LogP contribution < -0.4 is 15.5 Å². The van der Waals surface area contributed by atoms with Gasteiger partial charge in [-0.05, 0) is 43.2 Å². The van der Waals surface area contributed by atoms with Gasteiger partial charge in [0.15, 0.2) is 0 Å². The molecule has 2 unspecified atom stereocenters. The van der Waals surface area contributed by atoms with E-state index in [2.05, 4.69) is 39.5 Å². The van der Waals surface area contributed by atoms with Crippen molar-refractivity contribution in [3.63, 3.8) is 0 Å². The molecule has 0 bridgehead atoms. The number of carbonyl (C=O) groups is 2. The van der Waals surface area contributed by atoms with Crippen LogP contribution in [0, 0.1) is 17.2 Å². The lowest BCUT2D eigenvalue weighted by molar-refractivity contribution is -0.119. The molecule has 8 nitrogen and oxygen atoms in total. The molecular formula is C27H29N5O3. The van der Waals surface area contributed by atoms with Gasteiger partial charge in [-0.3, -0.25) is 14.5 Å². The van der Waals surface area contributed by atoms with Crippen molar-refractivity contribution in [2.45, 2.75) is 25.4 Å². The maximum atomic E-state index is 12.5. The Labute approximate surface area is 205 Å². The Morgan fingerprint density at radius 3 is 2.86 bits per heavy atom. The van der Waals surface area contributed by atoms with Crippen molar-refractivity contribution in [1.82, 2.24) is 4.90 Å². The van der Waals surface area contributed by atoms with E-state index in [-0.39, 0.29) is 29.8 Å². The second-order valence-corrected chi connectivity index (χ2v) is 9.31. The van der Waals surface area contributed by atoms with Crippen molar-refractivity contribution in [2.24, 2.45) is 5.92 Å². The first-order valence-electron chi connectivity index (χ1n) is 12.0. The van der Waals surface area contributed by atoms with E-state index >= 15 is 0 Å². The van der Waals surface area contributed by atoms with Gasteiger partial charge in [-0.1, -0.05) is 24.3 Å². The van der Waals surface area contributed by atoms with Crippen LogP contribution in [0.2, 0.25) is 0 Å². The van der Waals surface area contributed by atoms with E-state index in [4.69, 9.17) is 4.74 Å². The van der Waals surface area contributed by atoms with Crippen LogP contribution in [0.4, 0.5) is 17.1 Å². The number of anilines is 3. The SMILES string of the molecule is C[C@@H]1CN(C2C=CC(=O)Nc3ccccc32)CCN1c1ccc(NC(=O)C2CCOC2)cc1C#N. The molecule has 8 heteroatoms. The van der Waals surface area contributed by atoms with E-state index in [1.54, 1.807) is 12.1 Å². The van der Waals surface area contributed by atoms with Crippen LogP contribution in [0.15, 0.2) is 54.6 Å². The van der Waals surface area contributed by atoms with Crippen LogP contribution in [0.25, 0.3) is 0 Å². The van der Waals surface area contributed by atoms with Crippen molar-refractivity contribution >= 4 is 28.9 Å². The topological polar surface area (TPSA) is 97.7 Å². The molecule has 3 aliphatic heterocycles. The van der Waals surface area contributed by atoms with Crippen molar-refractivity contribution in [1.29, 1.82) is 5.26 Å². The fraction of sp³-hybridized carbons (Fsp3) is 0.370. The second kappa shape index (κ2) is 9.90. The summed E-state index contributed by atoms with van der Waals surface area (Å²) in [5.41, 5.74) is 3.97. The molecule has 2 aromatic rings. The average molecular weight is 472 g/mol. The smallest absolute Gasteiger partial charge is 0.248 e. The number of nitrogens with one attached hydrogen (secondary N) is 2. The Kier molecular flexibility index (Phi) is 6.53. The molecule has 0 spiro atoms. The van der Waals surface area contributed by atoms with Crippen LogP contribution in [0.1, 0.15) is 30.5 Å². The van der Waals surface area contributed by atoms with Gasteiger partial charge in [-0.2, -0.15) is 5.26 Å². The summed E-state index contributed by atoms with van der Waals surface area (Å²) in [5, 5.41) is 15.7. The zero-order valence-electron chi connectivity index (χ0n) is 19.7. The van der Waals surface area contributed by atoms with Crippen molar-refractivity contribution in [2.75, 3.05) is 48.4 Å².